The summed E-state index contributed by atoms with van der Waals surface area (Å²) in [6.07, 6.45) is 1.04. The minimum atomic E-state index is 0.830. The molecule has 2 aliphatic rings. The van der Waals surface area contributed by atoms with Crippen molar-refractivity contribution in [1.82, 2.24) is 14.8 Å². The first-order chi connectivity index (χ1) is 16.1. The van der Waals surface area contributed by atoms with Crippen LogP contribution in [0.3, 0.4) is 0 Å². The predicted octanol–water partition coefficient (Wildman–Crippen LogP) is 5.34. The number of fused-ring (bicyclic) bond motifs is 2. The molecule has 0 radical (unpaired) electrons. The molecule has 0 unspecified atom stereocenters. The monoisotopic (exact) mass is 460 g/mol. The molecule has 172 valence electrons. The first-order valence-corrected chi connectivity index (χ1v) is 12.7. The molecule has 0 aliphatic carbocycles. The van der Waals surface area contributed by atoms with Crippen LogP contribution in [0.4, 0.5) is 5.69 Å². The van der Waals surface area contributed by atoms with Crippen molar-refractivity contribution in [3.05, 3.63) is 64.7 Å². The lowest BCUT2D eigenvalue weighted by atomic mass is 10.0. The molecule has 5 nitrogen and oxygen atoms in total. The summed E-state index contributed by atoms with van der Waals surface area (Å²) >= 11 is 1.70. The van der Waals surface area contributed by atoms with Gasteiger partial charge in [-0.1, -0.05) is 25.1 Å². The Hall–Kier alpha value is -2.41. The maximum Gasteiger partial charge on any atom is 0.171 e. The van der Waals surface area contributed by atoms with Crippen LogP contribution in [0.5, 0.6) is 0 Å². The number of pyridine rings is 1. The summed E-state index contributed by atoms with van der Waals surface area (Å²) in [7, 11) is 0. The van der Waals surface area contributed by atoms with Gasteiger partial charge in [-0.2, -0.15) is 0 Å². The molecule has 0 N–H and O–H groups in total. The molecule has 1 fully saturated rings. The van der Waals surface area contributed by atoms with Crippen LogP contribution in [0.25, 0.3) is 10.9 Å². The zero-order valence-corrected chi connectivity index (χ0v) is 20.6. The molecule has 3 heterocycles. The molecule has 1 saturated heterocycles. The Kier molecular flexibility index (Phi) is 6.67. The molecule has 5 rings (SSSR count). The average Bonchev–Trinajstić information content (AvgIpc) is 2.83. The first-order valence-electron chi connectivity index (χ1n) is 11.9. The Morgan fingerprint density at radius 3 is 2.58 bits per heavy atom. The van der Waals surface area contributed by atoms with Crippen LogP contribution in [0.15, 0.2) is 52.5 Å². The Balaban J connectivity index is 1.47. The first kappa shape index (κ1) is 22.4. The topological polar surface area (TPSA) is 41.0 Å². The highest BCUT2D eigenvalue weighted by Crippen LogP contribution is 2.35. The zero-order valence-electron chi connectivity index (χ0n) is 19.8. The van der Waals surface area contributed by atoms with Crippen LogP contribution in [0.1, 0.15) is 29.2 Å². The van der Waals surface area contributed by atoms with E-state index in [2.05, 4.69) is 73.0 Å². The summed E-state index contributed by atoms with van der Waals surface area (Å²) in [6, 6.07) is 15.4. The Morgan fingerprint density at radius 1 is 1.03 bits per heavy atom. The third kappa shape index (κ3) is 5.08. The van der Waals surface area contributed by atoms with E-state index in [-0.39, 0.29) is 0 Å². The van der Waals surface area contributed by atoms with Crippen LogP contribution >= 0.6 is 11.8 Å². The van der Waals surface area contributed by atoms with Crippen molar-refractivity contribution < 1.29 is 4.74 Å². The second-order valence-corrected chi connectivity index (χ2v) is 9.95. The Labute approximate surface area is 200 Å². The van der Waals surface area contributed by atoms with Crippen LogP contribution < -0.4 is 0 Å². The number of thioether (sulfide) groups is 1. The lowest BCUT2D eigenvalue weighted by molar-refractivity contribution is 0.0358. The predicted molar refractivity (Wildman–Crippen MR) is 138 cm³/mol. The van der Waals surface area contributed by atoms with E-state index < -0.39 is 0 Å². The summed E-state index contributed by atoms with van der Waals surface area (Å²) in [4.78, 5) is 15.1. The molecule has 0 spiro atoms. The van der Waals surface area contributed by atoms with Gasteiger partial charge in [-0.15, -0.1) is 0 Å². The van der Waals surface area contributed by atoms with Crippen LogP contribution in [0.2, 0.25) is 0 Å². The maximum absolute atomic E-state index is 5.53. The van der Waals surface area contributed by atoms with E-state index in [0.29, 0.717) is 0 Å². The third-order valence-corrected chi connectivity index (χ3v) is 7.58. The summed E-state index contributed by atoms with van der Waals surface area (Å²) < 4.78 is 5.53. The van der Waals surface area contributed by atoms with Gasteiger partial charge in [0.15, 0.2) is 5.17 Å². The molecule has 1 aromatic heterocycles. The summed E-state index contributed by atoms with van der Waals surface area (Å²) in [5.41, 5.74) is 7.26. The summed E-state index contributed by atoms with van der Waals surface area (Å²) in [5.74, 6) is 0. The van der Waals surface area contributed by atoms with E-state index in [1.165, 1.54) is 27.6 Å². The molecule has 0 saturated carbocycles. The number of aryl methyl sites for hydroxylation is 3. The van der Waals surface area contributed by atoms with Gasteiger partial charge in [0, 0.05) is 43.7 Å². The van der Waals surface area contributed by atoms with Crippen molar-refractivity contribution in [2.45, 2.75) is 38.8 Å². The standard InChI is InChI=1S/C27H32N4OS/c1-4-21-5-7-23(8-6-21)28-27-31(10-9-30-11-13-32-14-12-30)18-22-17-24-20(3)15-19(2)16-25(24)29-26(22)33-27/h5-8,15-17H,4,9-14,18H2,1-3H3. The fourth-order valence-electron chi connectivity index (χ4n) is 4.55. The number of aliphatic imine (C=N–C) groups is 1. The van der Waals surface area contributed by atoms with Crippen molar-refractivity contribution >= 4 is 33.5 Å². The van der Waals surface area contributed by atoms with E-state index in [4.69, 9.17) is 14.7 Å². The quantitative estimate of drug-likeness (QED) is 0.514. The van der Waals surface area contributed by atoms with E-state index in [1.807, 2.05) is 0 Å². The normalized spacial score (nSPS) is 18.2. The van der Waals surface area contributed by atoms with Crippen molar-refractivity contribution in [3.63, 3.8) is 0 Å². The van der Waals surface area contributed by atoms with Crippen molar-refractivity contribution in [2.24, 2.45) is 4.99 Å². The van der Waals surface area contributed by atoms with Crippen LogP contribution in [-0.2, 0) is 17.7 Å². The highest BCUT2D eigenvalue weighted by molar-refractivity contribution is 8.13. The largest absolute Gasteiger partial charge is 0.379 e. The van der Waals surface area contributed by atoms with Crippen molar-refractivity contribution in [3.8, 4) is 0 Å². The van der Waals surface area contributed by atoms with E-state index >= 15 is 0 Å². The van der Waals surface area contributed by atoms with Gasteiger partial charge in [0.2, 0.25) is 0 Å². The number of benzene rings is 2. The number of rotatable bonds is 5. The molecule has 33 heavy (non-hydrogen) atoms. The molecule has 0 amide bonds. The van der Waals surface area contributed by atoms with Gasteiger partial charge in [0.05, 0.1) is 24.4 Å². The van der Waals surface area contributed by atoms with Gasteiger partial charge in [0.1, 0.15) is 5.03 Å². The highest BCUT2D eigenvalue weighted by Gasteiger charge is 2.25. The average molecular weight is 461 g/mol. The number of aromatic nitrogens is 1. The minimum Gasteiger partial charge on any atom is -0.379 e. The van der Waals surface area contributed by atoms with E-state index in [0.717, 1.165) is 73.8 Å². The van der Waals surface area contributed by atoms with Crippen molar-refractivity contribution in [1.29, 1.82) is 0 Å². The summed E-state index contributed by atoms with van der Waals surface area (Å²) in [6.45, 7) is 13.0. The maximum atomic E-state index is 5.53. The second kappa shape index (κ2) is 9.84. The SMILES string of the molecule is CCc1ccc(N=C2Sc3nc4cc(C)cc(C)c4cc3CN2CCN2CCOCC2)cc1. The number of amidine groups is 1. The fourth-order valence-corrected chi connectivity index (χ4v) is 5.56. The van der Waals surface area contributed by atoms with Gasteiger partial charge in [-0.25, -0.2) is 9.98 Å². The minimum absolute atomic E-state index is 0.830. The van der Waals surface area contributed by atoms with E-state index in [9.17, 15) is 0 Å². The van der Waals surface area contributed by atoms with Gasteiger partial charge in [0.25, 0.3) is 0 Å². The number of ether oxygens (including phenoxy) is 1. The second-order valence-electron chi connectivity index (χ2n) is 8.99. The van der Waals surface area contributed by atoms with Crippen LogP contribution in [0, 0.1) is 13.8 Å². The summed E-state index contributed by atoms with van der Waals surface area (Å²) in [5, 5.41) is 3.37. The number of hydrogen-bond acceptors (Lipinski definition) is 5. The molecule has 6 heteroatoms. The fraction of sp³-hybridized carbons (Fsp3) is 0.407. The zero-order chi connectivity index (χ0) is 22.8. The van der Waals surface area contributed by atoms with Gasteiger partial charge < -0.3 is 9.64 Å². The highest BCUT2D eigenvalue weighted by atomic mass is 32.2. The van der Waals surface area contributed by atoms with E-state index in [1.54, 1.807) is 11.8 Å². The Bertz CT molecular complexity index is 1170. The smallest absolute Gasteiger partial charge is 0.171 e. The lowest BCUT2D eigenvalue weighted by Gasteiger charge is -2.34. The molecular weight excluding hydrogens is 428 g/mol. The van der Waals surface area contributed by atoms with Gasteiger partial charge >= 0.3 is 0 Å². The number of morpholine rings is 1. The number of nitrogens with zero attached hydrogens (tertiary/aromatic N) is 4. The molecule has 0 atom stereocenters. The van der Waals surface area contributed by atoms with Gasteiger partial charge in [-0.05, 0) is 73.0 Å². The molecular formula is C27H32N4OS. The molecule has 0 bridgehead atoms. The van der Waals surface area contributed by atoms with Crippen LogP contribution in [-0.4, -0.2) is 59.3 Å². The molecule has 2 aliphatic heterocycles. The van der Waals surface area contributed by atoms with Crippen molar-refractivity contribution in [2.75, 3.05) is 39.4 Å². The number of hydrogen-bond donors (Lipinski definition) is 0. The molecule has 2 aromatic carbocycles. The van der Waals surface area contributed by atoms with Gasteiger partial charge in [-0.3, -0.25) is 4.90 Å². The third-order valence-electron chi connectivity index (χ3n) is 6.50. The molecule has 3 aromatic rings. The lowest BCUT2D eigenvalue weighted by Crippen LogP contribution is -2.43. The Morgan fingerprint density at radius 2 is 1.82 bits per heavy atom.